The van der Waals surface area contributed by atoms with Crippen LogP contribution >= 0.6 is 0 Å². The van der Waals surface area contributed by atoms with Gasteiger partial charge in [-0.3, -0.25) is 14.8 Å². The number of allylic oxidation sites excluding steroid dienone is 1. The van der Waals surface area contributed by atoms with Crippen LogP contribution in [0.1, 0.15) is 58.1 Å². The minimum atomic E-state index is -1.16. The maximum atomic E-state index is 13.2. The van der Waals surface area contributed by atoms with Crippen molar-refractivity contribution in [1.82, 2.24) is 29.8 Å². The van der Waals surface area contributed by atoms with Crippen LogP contribution in [-0.4, -0.2) is 47.1 Å². The summed E-state index contributed by atoms with van der Waals surface area (Å²) in [5.74, 6) is 1.13. The number of benzene rings is 1. The number of pyridine rings is 1. The maximum Gasteiger partial charge on any atom is 0.278 e. The van der Waals surface area contributed by atoms with Crippen molar-refractivity contribution in [2.75, 3.05) is 11.9 Å². The number of hydrogen-bond acceptors (Lipinski definition) is 9. The average molecular weight is 576 g/mol. The van der Waals surface area contributed by atoms with Crippen molar-refractivity contribution in [3.05, 3.63) is 77.4 Å². The van der Waals surface area contributed by atoms with E-state index in [0.717, 1.165) is 43.5 Å². The molecule has 0 aliphatic carbocycles. The average Bonchev–Trinajstić information content (AvgIpc) is 3.25. The number of fused-ring (bicyclic) bond motifs is 1. The van der Waals surface area contributed by atoms with E-state index < -0.39 is 5.60 Å². The number of nitrogens with one attached hydrogen (secondary N) is 2. The van der Waals surface area contributed by atoms with Gasteiger partial charge in [0.25, 0.3) is 5.56 Å². The number of aliphatic hydroxyl groups is 1. The van der Waals surface area contributed by atoms with Gasteiger partial charge < -0.3 is 15.2 Å². The number of carbonyl (C=O) groups is 1. The molecule has 0 spiro atoms. The summed E-state index contributed by atoms with van der Waals surface area (Å²) in [6, 6.07) is 12.7. The van der Waals surface area contributed by atoms with Crippen LogP contribution in [0.3, 0.4) is 0 Å². The van der Waals surface area contributed by atoms with Gasteiger partial charge in [-0.2, -0.15) is 4.98 Å². The van der Waals surface area contributed by atoms with Gasteiger partial charge in [0.1, 0.15) is 16.7 Å². The molecule has 4 aromatic rings. The van der Waals surface area contributed by atoms with Crippen molar-refractivity contribution in [2.24, 2.45) is 0 Å². The lowest BCUT2D eigenvalue weighted by molar-refractivity contribution is -0.129. The van der Waals surface area contributed by atoms with Gasteiger partial charge in [0.15, 0.2) is 11.5 Å². The molecule has 0 aliphatic heterocycles. The third kappa shape index (κ3) is 7.59. The SMILES string of the molecule is C=CCn1c(=O)c2cnc(Nc3ccc(OCCCCCCCC(=O)NO)cc3)nc2n1-c1cccc(C(C)(C)O)n1. The van der Waals surface area contributed by atoms with Crippen molar-refractivity contribution in [3.63, 3.8) is 0 Å². The Morgan fingerprint density at radius 1 is 1.07 bits per heavy atom. The molecule has 12 nitrogen and oxygen atoms in total. The summed E-state index contributed by atoms with van der Waals surface area (Å²) in [4.78, 5) is 37.8. The van der Waals surface area contributed by atoms with Crippen molar-refractivity contribution >= 4 is 28.6 Å². The molecule has 4 N–H and O–H groups in total. The predicted molar refractivity (Wildman–Crippen MR) is 159 cm³/mol. The predicted octanol–water partition coefficient (Wildman–Crippen LogP) is 4.36. The molecule has 4 rings (SSSR count). The molecule has 12 heteroatoms. The van der Waals surface area contributed by atoms with Crippen LogP contribution in [0.4, 0.5) is 11.6 Å². The van der Waals surface area contributed by atoms with E-state index in [1.165, 1.54) is 10.9 Å². The van der Waals surface area contributed by atoms with Crippen LogP contribution in [0.25, 0.3) is 16.9 Å². The first-order chi connectivity index (χ1) is 20.2. The zero-order chi connectivity index (χ0) is 30.1. The number of ether oxygens (including phenoxy) is 1. The van der Waals surface area contributed by atoms with Crippen molar-refractivity contribution in [2.45, 2.75) is 64.5 Å². The van der Waals surface area contributed by atoms with Crippen molar-refractivity contribution < 1.29 is 19.8 Å². The molecule has 0 fully saturated rings. The van der Waals surface area contributed by atoms with Gasteiger partial charge in [0.05, 0.1) is 18.8 Å². The van der Waals surface area contributed by atoms with E-state index in [2.05, 4.69) is 26.8 Å². The maximum absolute atomic E-state index is 13.2. The van der Waals surface area contributed by atoms with Gasteiger partial charge >= 0.3 is 0 Å². The van der Waals surface area contributed by atoms with E-state index >= 15 is 0 Å². The van der Waals surface area contributed by atoms with Gasteiger partial charge in [-0.15, -0.1) is 6.58 Å². The fourth-order valence-corrected chi connectivity index (χ4v) is 4.42. The number of hydroxylamine groups is 1. The van der Waals surface area contributed by atoms with Crippen LogP contribution < -0.4 is 21.1 Å². The summed E-state index contributed by atoms with van der Waals surface area (Å²) < 4.78 is 8.93. The number of carbonyl (C=O) groups excluding carboxylic acids is 1. The second kappa shape index (κ2) is 13.9. The number of unbranched alkanes of at least 4 members (excludes halogenated alkanes) is 4. The van der Waals surface area contributed by atoms with Crippen LogP contribution in [0.5, 0.6) is 5.75 Å². The molecule has 0 saturated carbocycles. The second-order valence-electron chi connectivity index (χ2n) is 10.4. The van der Waals surface area contributed by atoms with E-state index in [4.69, 9.17) is 9.94 Å². The van der Waals surface area contributed by atoms with Crippen molar-refractivity contribution in [3.8, 4) is 11.6 Å². The third-order valence-corrected chi connectivity index (χ3v) is 6.61. The topological polar surface area (TPSA) is 156 Å². The lowest BCUT2D eigenvalue weighted by atomic mass is 10.1. The Morgan fingerprint density at radius 2 is 1.81 bits per heavy atom. The van der Waals surface area contributed by atoms with E-state index in [1.54, 1.807) is 48.3 Å². The highest BCUT2D eigenvalue weighted by molar-refractivity contribution is 5.77. The summed E-state index contributed by atoms with van der Waals surface area (Å²) in [6.45, 7) is 7.90. The molecular weight excluding hydrogens is 538 g/mol. The lowest BCUT2D eigenvalue weighted by Gasteiger charge is -2.18. The monoisotopic (exact) mass is 575 g/mol. The molecule has 3 heterocycles. The Hall–Kier alpha value is -4.55. The minimum Gasteiger partial charge on any atom is -0.494 e. The number of rotatable bonds is 15. The Balaban J connectivity index is 1.43. The fraction of sp³-hybridized carbons (Fsp3) is 0.367. The first-order valence-electron chi connectivity index (χ1n) is 13.9. The van der Waals surface area contributed by atoms with Gasteiger partial charge in [0.2, 0.25) is 11.9 Å². The molecule has 0 atom stereocenters. The summed E-state index contributed by atoms with van der Waals surface area (Å²) in [7, 11) is 0. The summed E-state index contributed by atoms with van der Waals surface area (Å²) in [5, 5.41) is 22.5. The van der Waals surface area contributed by atoms with Crippen LogP contribution in [0.15, 0.2) is 66.1 Å². The Kier molecular flexibility index (Phi) is 10.0. The van der Waals surface area contributed by atoms with Crippen LogP contribution in [0, 0.1) is 0 Å². The third-order valence-electron chi connectivity index (χ3n) is 6.61. The van der Waals surface area contributed by atoms with Crippen LogP contribution in [-0.2, 0) is 16.9 Å². The highest BCUT2D eigenvalue weighted by Crippen LogP contribution is 2.23. The molecule has 222 valence electrons. The number of amides is 1. The Morgan fingerprint density at radius 3 is 2.52 bits per heavy atom. The molecule has 1 aromatic carbocycles. The number of nitrogens with zero attached hydrogens (tertiary/aromatic N) is 5. The van der Waals surface area contributed by atoms with E-state index in [9.17, 15) is 14.7 Å². The number of aromatic nitrogens is 5. The zero-order valence-electron chi connectivity index (χ0n) is 23.9. The van der Waals surface area contributed by atoms with Crippen molar-refractivity contribution in [1.29, 1.82) is 0 Å². The van der Waals surface area contributed by atoms with Gasteiger partial charge in [-0.25, -0.2) is 24.8 Å². The van der Waals surface area contributed by atoms with Crippen LogP contribution in [0.2, 0.25) is 0 Å². The van der Waals surface area contributed by atoms with Gasteiger partial charge in [-0.05, 0) is 63.1 Å². The van der Waals surface area contributed by atoms with E-state index in [0.29, 0.717) is 41.5 Å². The fourth-order valence-electron chi connectivity index (χ4n) is 4.42. The highest BCUT2D eigenvalue weighted by Gasteiger charge is 2.21. The number of hydrogen-bond donors (Lipinski definition) is 4. The minimum absolute atomic E-state index is 0.233. The summed E-state index contributed by atoms with van der Waals surface area (Å²) in [5.41, 5.74) is 1.78. The smallest absolute Gasteiger partial charge is 0.278 e. The van der Waals surface area contributed by atoms with E-state index in [1.807, 2.05) is 24.3 Å². The molecule has 3 aromatic heterocycles. The Labute approximate surface area is 243 Å². The van der Waals surface area contributed by atoms with Gasteiger partial charge in [0, 0.05) is 18.3 Å². The Bertz CT molecular complexity index is 1570. The summed E-state index contributed by atoms with van der Waals surface area (Å²) >= 11 is 0. The number of anilines is 2. The molecule has 42 heavy (non-hydrogen) atoms. The highest BCUT2D eigenvalue weighted by atomic mass is 16.5. The standard InChI is InChI=1S/C30H37N7O5/c1-4-18-36-28(39)23-20-31-29(34-27(23)37(36)25-12-10-11-24(33-25)30(2,3)40)32-21-14-16-22(17-15-21)42-19-9-7-5-6-8-13-26(38)35-41/h4,10-12,14-17,20,40-41H,1,5-9,13,18-19H2,2-3H3,(H,35,38)(H,31,32,34). The molecule has 0 unspecified atom stereocenters. The normalized spacial score (nSPS) is 11.4. The quantitative estimate of drug-likeness (QED) is 0.0700. The molecule has 0 aliphatic rings. The van der Waals surface area contributed by atoms with E-state index in [-0.39, 0.29) is 18.0 Å². The molecule has 0 radical (unpaired) electrons. The largest absolute Gasteiger partial charge is 0.494 e. The first-order valence-corrected chi connectivity index (χ1v) is 13.9. The zero-order valence-corrected chi connectivity index (χ0v) is 23.9. The first kappa shape index (κ1) is 30.4. The summed E-state index contributed by atoms with van der Waals surface area (Å²) in [6.07, 6.45) is 8.03. The lowest BCUT2D eigenvalue weighted by Crippen LogP contribution is -2.23. The molecular formula is C30H37N7O5. The second-order valence-corrected chi connectivity index (χ2v) is 10.4. The van der Waals surface area contributed by atoms with Gasteiger partial charge in [-0.1, -0.05) is 31.4 Å². The molecule has 1 amide bonds. The molecule has 0 bridgehead atoms. The molecule has 0 saturated heterocycles.